The first kappa shape index (κ1) is 20.9. The minimum atomic E-state index is -3.93. The zero-order valence-electron chi connectivity index (χ0n) is 15.9. The monoisotopic (exact) mass is 391 g/mol. The van der Waals surface area contributed by atoms with Gasteiger partial charge >= 0.3 is 0 Å². The molecule has 2 rings (SSSR count). The summed E-state index contributed by atoms with van der Waals surface area (Å²) in [6.45, 7) is 3.68. The number of sulfonamides is 1. The molecule has 0 unspecified atom stereocenters. The Morgan fingerprint density at radius 3 is 2.37 bits per heavy atom. The number of methoxy groups -OCH3 is 1. The van der Waals surface area contributed by atoms with Crippen LogP contribution in [0.3, 0.4) is 0 Å². The van der Waals surface area contributed by atoms with Crippen LogP contribution in [-0.4, -0.2) is 43.8 Å². The van der Waals surface area contributed by atoms with Crippen LogP contribution < -0.4 is 10.1 Å². The van der Waals surface area contributed by atoms with E-state index in [1.54, 1.807) is 36.7 Å². The number of aromatic nitrogens is 1. The van der Waals surface area contributed by atoms with Crippen LogP contribution in [0.4, 0.5) is 0 Å². The molecule has 0 bridgehead atoms. The van der Waals surface area contributed by atoms with E-state index < -0.39 is 16.1 Å². The first-order chi connectivity index (χ1) is 12.8. The van der Waals surface area contributed by atoms with Crippen LogP contribution >= 0.6 is 0 Å². The predicted molar refractivity (Wildman–Crippen MR) is 103 cm³/mol. The van der Waals surface area contributed by atoms with E-state index in [9.17, 15) is 13.2 Å². The van der Waals surface area contributed by atoms with Crippen LogP contribution in [0.5, 0.6) is 5.75 Å². The first-order valence-electron chi connectivity index (χ1n) is 8.57. The maximum Gasteiger partial charge on any atom is 0.244 e. The van der Waals surface area contributed by atoms with Crippen molar-refractivity contribution in [2.24, 2.45) is 5.92 Å². The van der Waals surface area contributed by atoms with Crippen molar-refractivity contribution in [2.45, 2.75) is 31.3 Å². The van der Waals surface area contributed by atoms with Gasteiger partial charge in [-0.05, 0) is 41.8 Å². The number of carbonyl (C=O) groups excluding carboxylic acids is 1. The molecular weight excluding hydrogens is 366 g/mol. The highest BCUT2D eigenvalue weighted by Gasteiger charge is 2.37. The molecule has 7 nitrogen and oxygen atoms in total. The van der Waals surface area contributed by atoms with Crippen molar-refractivity contribution in [3.8, 4) is 5.75 Å². The molecule has 1 aromatic carbocycles. The highest BCUT2D eigenvalue weighted by molar-refractivity contribution is 7.89. The number of nitrogens with zero attached hydrogens (tertiary/aromatic N) is 2. The van der Waals surface area contributed by atoms with Gasteiger partial charge < -0.3 is 10.1 Å². The average Bonchev–Trinajstić information content (AvgIpc) is 2.67. The van der Waals surface area contributed by atoms with Crippen LogP contribution in [0, 0.1) is 5.92 Å². The second kappa shape index (κ2) is 8.96. The standard InChI is InChI=1S/C19H25N3O4S/c1-14(2)18(19(23)20-3)22(13-15-6-5-11-21-12-15)27(24,25)17-9-7-16(26-4)8-10-17/h5-12,14,18H,13H2,1-4H3,(H,20,23)/t18-/m1/s1. The second-order valence-corrected chi connectivity index (χ2v) is 8.28. The van der Waals surface area contributed by atoms with Crippen LogP contribution in [-0.2, 0) is 21.4 Å². The molecule has 1 atom stereocenters. The van der Waals surface area contributed by atoms with Crippen molar-refractivity contribution in [1.82, 2.24) is 14.6 Å². The Labute approximate surface area is 160 Å². The number of ether oxygens (including phenoxy) is 1. The Balaban J connectivity index is 2.53. The SMILES string of the molecule is CNC(=O)[C@@H](C(C)C)N(Cc1cccnc1)S(=O)(=O)c1ccc(OC)cc1. The molecule has 1 amide bonds. The number of nitrogens with one attached hydrogen (secondary N) is 1. The summed E-state index contributed by atoms with van der Waals surface area (Å²) in [5.41, 5.74) is 0.698. The minimum Gasteiger partial charge on any atom is -0.497 e. The maximum absolute atomic E-state index is 13.4. The molecule has 8 heteroatoms. The van der Waals surface area contributed by atoms with Crippen LogP contribution in [0.15, 0.2) is 53.7 Å². The van der Waals surface area contributed by atoms with Crippen molar-refractivity contribution >= 4 is 15.9 Å². The minimum absolute atomic E-state index is 0.0401. The number of hydrogen-bond donors (Lipinski definition) is 1. The van der Waals surface area contributed by atoms with E-state index in [0.29, 0.717) is 11.3 Å². The fourth-order valence-electron chi connectivity index (χ4n) is 2.80. The molecule has 27 heavy (non-hydrogen) atoms. The van der Waals surface area contributed by atoms with Crippen molar-refractivity contribution in [3.05, 3.63) is 54.4 Å². The number of amides is 1. The summed E-state index contributed by atoms with van der Waals surface area (Å²) in [7, 11) is -0.922. The second-order valence-electron chi connectivity index (χ2n) is 6.39. The van der Waals surface area contributed by atoms with Crippen molar-refractivity contribution in [3.63, 3.8) is 0 Å². The lowest BCUT2D eigenvalue weighted by Gasteiger charge is -2.32. The van der Waals surface area contributed by atoms with Gasteiger partial charge in [-0.1, -0.05) is 19.9 Å². The van der Waals surface area contributed by atoms with Crippen LogP contribution in [0.2, 0.25) is 0 Å². The quantitative estimate of drug-likeness (QED) is 0.744. The molecule has 0 spiro atoms. The third-order valence-corrected chi connectivity index (χ3v) is 6.03. The Hall–Kier alpha value is -2.45. The normalized spacial score (nSPS) is 12.8. The number of carbonyl (C=O) groups is 1. The maximum atomic E-state index is 13.4. The smallest absolute Gasteiger partial charge is 0.244 e. The van der Waals surface area contributed by atoms with E-state index in [0.717, 1.165) is 0 Å². The lowest BCUT2D eigenvalue weighted by Crippen LogP contribution is -2.51. The molecule has 2 aromatic rings. The van der Waals surface area contributed by atoms with Crippen LogP contribution in [0.25, 0.3) is 0 Å². The fourth-order valence-corrected chi connectivity index (χ4v) is 4.51. The fraction of sp³-hybridized carbons (Fsp3) is 0.368. The Kier molecular flexibility index (Phi) is 6.92. The molecule has 0 saturated carbocycles. The summed E-state index contributed by atoms with van der Waals surface area (Å²) in [6, 6.07) is 8.78. The molecule has 0 aliphatic carbocycles. The number of rotatable bonds is 8. The van der Waals surface area contributed by atoms with E-state index >= 15 is 0 Å². The Bertz CT molecular complexity index is 852. The van der Waals surface area contributed by atoms with Gasteiger partial charge in [0.2, 0.25) is 15.9 Å². The summed E-state index contributed by atoms with van der Waals surface area (Å²) >= 11 is 0. The van der Waals surface area contributed by atoms with Crippen molar-refractivity contribution in [1.29, 1.82) is 0 Å². The summed E-state index contributed by atoms with van der Waals surface area (Å²) < 4.78 is 33.1. The Morgan fingerprint density at radius 2 is 1.89 bits per heavy atom. The van der Waals surface area contributed by atoms with Gasteiger partial charge in [-0.25, -0.2) is 8.42 Å². The summed E-state index contributed by atoms with van der Waals surface area (Å²) in [5, 5.41) is 2.57. The van der Waals surface area contributed by atoms with E-state index in [2.05, 4.69) is 10.3 Å². The largest absolute Gasteiger partial charge is 0.497 e. The van der Waals surface area contributed by atoms with Crippen molar-refractivity contribution < 1.29 is 17.9 Å². The average molecular weight is 391 g/mol. The zero-order chi connectivity index (χ0) is 20.0. The molecule has 0 fully saturated rings. The van der Waals surface area contributed by atoms with Gasteiger partial charge in [0.25, 0.3) is 0 Å². The summed E-state index contributed by atoms with van der Waals surface area (Å²) in [4.78, 5) is 16.7. The molecular formula is C19H25N3O4S. The molecule has 0 aliphatic rings. The molecule has 0 radical (unpaired) electrons. The lowest BCUT2D eigenvalue weighted by atomic mass is 10.0. The lowest BCUT2D eigenvalue weighted by molar-refractivity contribution is -0.125. The first-order valence-corrected chi connectivity index (χ1v) is 10.0. The van der Waals surface area contributed by atoms with Gasteiger partial charge in [0.15, 0.2) is 0 Å². The summed E-state index contributed by atoms with van der Waals surface area (Å²) in [5.74, 6) is -0.0277. The van der Waals surface area contributed by atoms with Gasteiger partial charge in [0.05, 0.1) is 12.0 Å². The Morgan fingerprint density at radius 1 is 1.22 bits per heavy atom. The van der Waals surface area contributed by atoms with E-state index in [4.69, 9.17) is 4.74 Å². The highest BCUT2D eigenvalue weighted by atomic mass is 32.2. The summed E-state index contributed by atoms with van der Waals surface area (Å²) in [6.07, 6.45) is 3.21. The molecule has 0 aliphatic heterocycles. The number of pyridine rings is 1. The molecule has 1 aromatic heterocycles. The topological polar surface area (TPSA) is 88.6 Å². The van der Waals surface area contributed by atoms with Gasteiger partial charge in [-0.2, -0.15) is 4.31 Å². The number of benzene rings is 1. The molecule has 1 N–H and O–H groups in total. The molecule has 0 saturated heterocycles. The van der Waals surface area contributed by atoms with Gasteiger partial charge in [-0.15, -0.1) is 0 Å². The van der Waals surface area contributed by atoms with E-state index in [1.807, 2.05) is 13.8 Å². The molecule has 146 valence electrons. The third-order valence-electron chi connectivity index (χ3n) is 4.18. The van der Waals surface area contributed by atoms with Gasteiger partial charge in [0.1, 0.15) is 11.8 Å². The van der Waals surface area contributed by atoms with Crippen molar-refractivity contribution in [2.75, 3.05) is 14.2 Å². The third kappa shape index (κ3) is 4.84. The van der Waals surface area contributed by atoms with Crippen LogP contribution in [0.1, 0.15) is 19.4 Å². The number of likely N-dealkylation sites (N-methyl/N-ethyl adjacent to an activating group) is 1. The molecule has 1 heterocycles. The van der Waals surface area contributed by atoms with E-state index in [1.165, 1.54) is 30.6 Å². The highest BCUT2D eigenvalue weighted by Crippen LogP contribution is 2.26. The number of hydrogen-bond acceptors (Lipinski definition) is 5. The van der Waals surface area contributed by atoms with Gasteiger partial charge in [-0.3, -0.25) is 9.78 Å². The van der Waals surface area contributed by atoms with Gasteiger partial charge in [0, 0.05) is 26.0 Å². The predicted octanol–water partition coefficient (Wildman–Crippen LogP) is 2.05. The van der Waals surface area contributed by atoms with E-state index in [-0.39, 0.29) is 23.3 Å². The zero-order valence-corrected chi connectivity index (χ0v) is 16.7.